The van der Waals surface area contributed by atoms with Crippen molar-refractivity contribution in [2.24, 2.45) is 5.73 Å². The maximum absolute atomic E-state index is 13.4. The lowest BCUT2D eigenvalue weighted by atomic mass is 10.1. The molecule has 0 atom stereocenters. The molecule has 0 radical (unpaired) electrons. The zero-order valence-electron chi connectivity index (χ0n) is 10.5. The Hall–Kier alpha value is -2.53. The van der Waals surface area contributed by atoms with Gasteiger partial charge < -0.3 is 5.73 Å². The number of fused-ring (bicyclic) bond motifs is 1. The molecule has 4 nitrogen and oxygen atoms in total. The van der Waals surface area contributed by atoms with Gasteiger partial charge in [-0.3, -0.25) is 9.59 Å². The summed E-state index contributed by atoms with van der Waals surface area (Å²) in [4.78, 5) is 25.6. The molecule has 0 saturated heterocycles. The van der Waals surface area contributed by atoms with E-state index in [1.807, 2.05) is 0 Å². The Kier molecular flexibility index (Phi) is 2.84. The van der Waals surface area contributed by atoms with Crippen molar-refractivity contribution in [1.29, 1.82) is 0 Å². The van der Waals surface area contributed by atoms with Crippen LogP contribution in [0.1, 0.15) is 26.3 Å². The van der Waals surface area contributed by atoms with E-state index in [0.29, 0.717) is 16.8 Å². The van der Waals surface area contributed by atoms with Crippen LogP contribution in [0.2, 0.25) is 0 Å². The maximum Gasteiger partial charge on any atom is 0.266 e. The monoisotopic (exact) mass is 270 g/mol. The number of benzene rings is 2. The van der Waals surface area contributed by atoms with Crippen molar-refractivity contribution in [1.82, 2.24) is 0 Å². The molecule has 0 unspecified atom stereocenters. The van der Waals surface area contributed by atoms with Crippen LogP contribution in [0, 0.1) is 5.82 Å². The second-order valence-corrected chi connectivity index (χ2v) is 4.47. The molecule has 20 heavy (non-hydrogen) atoms. The summed E-state index contributed by atoms with van der Waals surface area (Å²) in [5, 5.41) is 0. The molecule has 3 rings (SSSR count). The molecular weight excluding hydrogens is 259 g/mol. The summed E-state index contributed by atoms with van der Waals surface area (Å²) >= 11 is 0. The van der Waals surface area contributed by atoms with Crippen LogP contribution in [0.5, 0.6) is 0 Å². The van der Waals surface area contributed by atoms with E-state index in [-0.39, 0.29) is 12.1 Å². The van der Waals surface area contributed by atoms with E-state index in [9.17, 15) is 14.0 Å². The molecule has 0 aliphatic carbocycles. The van der Waals surface area contributed by atoms with Gasteiger partial charge in [0.2, 0.25) is 0 Å². The Morgan fingerprint density at radius 2 is 1.60 bits per heavy atom. The molecule has 1 aliphatic rings. The predicted octanol–water partition coefficient (Wildman–Crippen LogP) is 2.08. The van der Waals surface area contributed by atoms with Crippen molar-refractivity contribution < 1.29 is 14.0 Å². The first-order chi connectivity index (χ1) is 9.63. The molecule has 2 N–H and O–H groups in total. The molecule has 1 aliphatic heterocycles. The normalized spacial score (nSPS) is 13.8. The number of hydrogen-bond acceptors (Lipinski definition) is 3. The van der Waals surface area contributed by atoms with Crippen molar-refractivity contribution in [3.63, 3.8) is 0 Å². The molecule has 0 aromatic heterocycles. The van der Waals surface area contributed by atoms with E-state index in [2.05, 4.69) is 0 Å². The molecular formula is C15H11FN2O2. The Morgan fingerprint density at radius 3 is 2.15 bits per heavy atom. The van der Waals surface area contributed by atoms with Gasteiger partial charge in [0.1, 0.15) is 5.82 Å². The summed E-state index contributed by atoms with van der Waals surface area (Å²) in [5.41, 5.74) is 6.75. The molecule has 2 amide bonds. The third-order valence-electron chi connectivity index (χ3n) is 3.30. The molecule has 2 aromatic carbocycles. The molecule has 2 aromatic rings. The van der Waals surface area contributed by atoms with Crippen LogP contribution >= 0.6 is 0 Å². The summed E-state index contributed by atoms with van der Waals surface area (Å²) in [6.45, 7) is 0.00282. The van der Waals surface area contributed by atoms with Crippen molar-refractivity contribution >= 4 is 17.5 Å². The lowest BCUT2D eigenvalue weighted by Gasteiger charge is -2.15. The molecule has 0 bridgehead atoms. The molecule has 0 fully saturated rings. The number of amides is 2. The van der Waals surface area contributed by atoms with E-state index in [0.717, 1.165) is 4.90 Å². The SMILES string of the molecule is NCc1cc(N2C(=O)c3ccccc3C2=O)ccc1F. The lowest BCUT2D eigenvalue weighted by molar-refractivity contribution is 0.0926. The van der Waals surface area contributed by atoms with E-state index >= 15 is 0 Å². The minimum Gasteiger partial charge on any atom is -0.326 e. The van der Waals surface area contributed by atoms with E-state index in [4.69, 9.17) is 5.73 Å². The van der Waals surface area contributed by atoms with Gasteiger partial charge in [-0.2, -0.15) is 0 Å². The van der Waals surface area contributed by atoms with E-state index < -0.39 is 17.6 Å². The van der Waals surface area contributed by atoms with Gasteiger partial charge in [0, 0.05) is 12.1 Å². The quantitative estimate of drug-likeness (QED) is 0.850. The number of hydrogen-bond donors (Lipinski definition) is 1. The second kappa shape index (κ2) is 4.54. The van der Waals surface area contributed by atoms with Crippen LogP contribution in [0.15, 0.2) is 42.5 Å². The van der Waals surface area contributed by atoms with Crippen molar-refractivity contribution in [2.45, 2.75) is 6.54 Å². The predicted molar refractivity (Wildman–Crippen MR) is 71.9 cm³/mol. The third kappa shape index (κ3) is 1.71. The van der Waals surface area contributed by atoms with E-state index in [1.54, 1.807) is 24.3 Å². The number of nitrogens with two attached hydrogens (primary N) is 1. The summed E-state index contributed by atoms with van der Waals surface area (Å²) in [6, 6.07) is 10.6. The molecule has 5 heteroatoms. The van der Waals surface area contributed by atoms with Crippen LogP contribution in [0.25, 0.3) is 0 Å². The van der Waals surface area contributed by atoms with E-state index in [1.165, 1.54) is 18.2 Å². The third-order valence-corrected chi connectivity index (χ3v) is 3.30. The highest BCUT2D eigenvalue weighted by atomic mass is 19.1. The Morgan fingerprint density at radius 1 is 1.00 bits per heavy atom. The highest BCUT2D eigenvalue weighted by Crippen LogP contribution is 2.29. The van der Waals surface area contributed by atoms with Gasteiger partial charge >= 0.3 is 0 Å². The van der Waals surface area contributed by atoms with Crippen LogP contribution in [0.3, 0.4) is 0 Å². The molecule has 0 spiro atoms. The maximum atomic E-state index is 13.4. The Bertz CT molecular complexity index is 693. The fraction of sp³-hybridized carbons (Fsp3) is 0.0667. The highest BCUT2D eigenvalue weighted by Gasteiger charge is 2.36. The van der Waals surface area contributed by atoms with Crippen molar-refractivity contribution in [3.05, 3.63) is 65.0 Å². The lowest BCUT2D eigenvalue weighted by Crippen LogP contribution is -2.29. The van der Waals surface area contributed by atoms with Gasteiger partial charge in [0.05, 0.1) is 16.8 Å². The fourth-order valence-corrected chi connectivity index (χ4v) is 2.28. The zero-order chi connectivity index (χ0) is 14.3. The first-order valence-electron chi connectivity index (χ1n) is 6.10. The first kappa shape index (κ1) is 12.5. The summed E-state index contributed by atoms with van der Waals surface area (Å²) in [5.74, 6) is -1.26. The van der Waals surface area contributed by atoms with Crippen LogP contribution in [-0.4, -0.2) is 11.8 Å². The average Bonchev–Trinajstić information content (AvgIpc) is 2.72. The fourth-order valence-electron chi connectivity index (χ4n) is 2.28. The van der Waals surface area contributed by atoms with Crippen LogP contribution < -0.4 is 10.6 Å². The highest BCUT2D eigenvalue weighted by molar-refractivity contribution is 6.34. The number of carbonyl (C=O) groups is 2. The van der Waals surface area contributed by atoms with Crippen LogP contribution in [-0.2, 0) is 6.54 Å². The number of anilines is 1. The standard InChI is InChI=1S/C15H11FN2O2/c16-13-6-5-10(7-9(13)8-17)18-14(19)11-3-1-2-4-12(11)15(18)20/h1-7H,8,17H2. The van der Waals surface area contributed by atoms with Crippen molar-refractivity contribution in [3.8, 4) is 0 Å². The first-order valence-corrected chi connectivity index (χ1v) is 6.10. The van der Waals surface area contributed by atoms with Gasteiger partial charge in [-0.25, -0.2) is 9.29 Å². The Labute approximate surface area is 114 Å². The number of halogens is 1. The van der Waals surface area contributed by atoms with Gasteiger partial charge in [-0.05, 0) is 30.3 Å². The molecule has 0 saturated carbocycles. The largest absolute Gasteiger partial charge is 0.326 e. The number of imide groups is 1. The average molecular weight is 270 g/mol. The summed E-state index contributed by atoms with van der Waals surface area (Å²) in [7, 11) is 0. The van der Waals surface area contributed by atoms with Gasteiger partial charge in [-0.15, -0.1) is 0 Å². The minimum atomic E-state index is -0.451. The smallest absolute Gasteiger partial charge is 0.266 e. The van der Waals surface area contributed by atoms with Gasteiger partial charge in [0.15, 0.2) is 0 Å². The number of nitrogens with zero attached hydrogens (tertiary/aromatic N) is 1. The number of carbonyl (C=O) groups excluding carboxylic acids is 2. The second-order valence-electron chi connectivity index (χ2n) is 4.47. The van der Waals surface area contributed by atoms with Crippen molar-refractivity contribution in [2.75, 3.05) is 4.90 Å². The Balaban J connectivity index is 2.09. The van der Waals surface area contributed by atoms with Crippen LogP contribution in [0.4, 0.5) is 10.1 Å². The number of rotatable bonds is 2. The molecule has 100 valence electrons. The topological polar surface area (TPSA) is 63.4 Å². The van der Waals surface area contributed by atoms with Gasteiger partial charge in [-0.1, -0.05) is 12.1 Å². The minimum absolute atomic E-state index is 0.00282. The van der Waals surface area contributed by atoms with Gasteiger partial charge in [0.25, 0.3) is 11.8 Å². The summed E-state index contributed by atoms with van der Waals surface area (Å²) < 4.78 is 13.4. The summed E-state index contributed by atoms with van der Waals surface area (Å²) in [6.07, 6.45) is 0. The molecule has 1 heterocycles. The zero-order valence-corrected chi connectivity index (χ0v) is 10.5.